The van der Waals surface area contributed by atoms with Crippen molar-refractivity contribution in [2.45, 2.75) is 39.5 Å². The largest absolute Gasteiger partial charge is 0.491 e. The molecule has 5 heteroatoms. The molecule has 0 saturated heterocycles. The summed E-state index contributed by atoms with van der Waals surface area (Å²) < 4.78 is 17.3. The fourth-order valence-corrected chi connectivity index (χ4v) is 3.87. The van der Waals surface area contributed by atoms with Crippen LogP contribution in [0.3, 0.4) is 0 Å². The van der Waals surface area contributed by atoms with Crippen molar-refractivity contribution in [1.29, 1.82) is 0 Å². The van der Waals surface area contributed by atoms with Crippen molar-refractivity contribution in [1.82, 2.24) is 4.98 Å². The maximum Gasteiger partial charge on any atom is 0.145 e. The van der Waals surface area contributed by atoms with E-state index in [2.05, 4.69) is 49.5 Å². The second kappa shape index (κ2) is 10.4. The van der Waals surface area contributed by atoms with E-state index in [1.807, 2.05) is 18.3 Å². The molecule has 1 heterocycles. The normalized spacial score (nSPS) is 12.1. The lowest BCUT2D eigenvalue weighted by Crippen LogP contribution is -2.05. The summed E-state index contributed by atoms with van der Waals surface area (Å²) in [6.45, 7) is 4.86. The average molecular weight is 411 g/mol. The highest BCUT2D eigenvalue weighted by atomic mass is 32.2. The molecule has 0 spiro atoms. The third kappa shape index (κ3) is 5.57. The second-order valence-corrected chi connectivity index (χ2v) is 8.89. The molecule has 3 rings (SSSR count). The number of unbranched alkanes of at least 4 members (excludes halogenated alkanes) is 1. The monoisotopic (exact) mass is 410 g/mol. The van der Waals surface area contributed by atoms with Crippen molar-refractivity contribution in [3.8, 4) is 5.75 Å². The molecule has 1 aromatic heterocycles. The molecule has 29 heavy (non-hydrogen) atoms. The number of aryl methyl sites for hydroxylation is 2. The molecule has 1 N–H and O–H groups in total. The van der Waals surface area contributed by atoms with Gasteiger partial charge in [0.2, 0.25) is 0 Å². The predicted octanol–water partition coefficient (Wildman–Crippen LogP) is 5.78. The van der Waals surface area contributed by atoms with Crippen LogP contribution in [-0.4, -0.2) is 27.8 Å². The SMILES string of the molecule is CCCCc1cnc2c(OCCCS(C)=O)cccc2c1Nc1ccccc1C. The molecule has 0 amide bonds. The van der Waals surface area contributed by atoms with Crippen LogP contribution in [0.4, 0.5) is 11.4 Å². The summed E-state index contributed by atoms with van der Waals surface area (Å²) in [5, 5.41) is 4.73. The molecule has 1 unspecified atom stereocenters. The number of para-hydroxylation sites is 2. The molecule has 0 aliphatic rings. The maximum absolute atomic E-state index is 11.3. The molecule has 0 radical (unpaired) electrons. The van der Waals surface area contributed by atoms with Crippen LogP contribution in [0.15, 0.2) is 48.7 Å². The molecule has 0 bridgehead atoms. The van der Waals surface area contributed by atoms with Crippen molar-refractivity contribution in [2.75, 3.05) is 23.9 Å². The molecule has 0 aliphatic heterocycles. The van der Waals surface area contributed by atoms with Gasteiger partial charge in [0.15, 0.2) is 0 Å². The first-order valence-corrected chi connectivity index (χ1v) is 12.0. The Labute approximate surface area is 176 Å². The third-order valence-electron chi connectivity index (χ3n) is 4.98. The molecule has 0 fully saturated rings. The van der Waals surface area contributed by atoms with Gasteiger partial charge in [-0.05, 0) is 49.4 Å². The van der Waals surface area contributed by atoms with Crippen LogP contribution in [0, 0.1) is 6.92 Å². The Morgan fingerprint density at radius 2 is 1.93 bits per heavy atom. The molecule has 154 valence electrons. The first kappa shape index (κ1) is 21.3. The Morgan fingerprint density at radius 3 is 2.69 bits per heavy atom. The first-order valence-electron chi connectivity index (χ1n) is 10.3. The maximum atomic E-state index is 11.3. The number of nitrogens with zero attached hydrogens (tertiary/aromatic N) is 1. The summed E-state index contributed by atoms with van der Waals surface area (Å²) in [6.07, 6.45) is 7.72. The van der Waals surface area contributed by atoms with E-state index in [-0.39, 0.29) is 0 Å². The van der Waals surface area contributed by atoms with Crippen molar-refractivity contribution in [3.05, 3.63) is 59.8 Å². The Bertz CT molecular complexity index is 988. The van der Waals surface area contributed by atoms with Crippen LogP contribution in [0.1, 0.15) is 37.3 Å². The summed E-state index contributed by atoms with van der Waals surface area (Å²) in [5.74, 6) is 1.43. The summed E-state index contributed by atoms with van der Waals surface area (Å²) >= 11 is 0. The van der Waals surface area contributed by atoms with Crippen molar-refractivity contribution >= 4 is 33.1 Å². The lowest BCUT2D eigenvalue weighted by Gasteiger charge is -2.17. The number of anilines is 2. The van der Waals surface area contributed by atoms with Crippen molar-refractivity contribution in [2.24, 2.45) is 0 Å². The Kier molecular flexibility index (Phi) is 7.64. The highest BCUT2D eigenvalue weighted by Gasteiger charge is 2.13. The second-order valence-electron chi connectivity index (χ2n) is 7.33. The summed E-state index contributed by atoms with van der Waals surface area (Å²) in [6, 6.07) is 14.4. The van der Waals surface area contributed by atoms with Crippen LogP contribution in [-0.2, 0) is 17.2 Å². The third-order valence-corrected chi connectivity index (χ3v) is 5.84. The molecule has 2 aromatic carbocycles. The highest BCUT2D eigenvalue weighted by Crippen LogP contribution is 2.35. The fraction of sp³-hybridized carbons (Fsp3) is 0.375. The zero-order valence-electron chi connectivity index (χ0n) is 17.5. The number of hydrogen-bond acceptors (Lipinski definition) is 4. The van der Waals surface area contributed by atoms with E-state index in [1.165, 1.54) is 11.1 Å². The minimum Gasteiger partial charge on any atom is -0.491 e. The van der Waals surface area contributed by atoms with E-state index in [9.17, 15) is 4.21 Å². The number of nitrogens with one attached hydrogen (secondary N) is 1. The minimum atomic E-state index is -0.791. The van der Waals surface area contributed by atoms with Crippen LogP contribution in [0.5, 0.6) is 5.75 Å². The molecule has 3 aromatic rings. The van der Waals surface area contributed by atoms with Gasteiger partial charge in [-0.1, -0.05) is 43.7 Å². The van der Waals surface area contributed by atoms with Gasteiger partial charge in [0.1, 0.15) is 11.3 Å². The highest BCUT2D eigenvalue weighted by molar-refractivity contribution is 7.84. The van der Waals surface area contributed by atoms with Crippen molar-refractivity contribution in [3.63, 3.8) is 0 Å². The summed E-state index contributed by atoms with van der Waals surface area (Å²) in [7, 11) is -0.791. The van der Waals surface area contributed by atoms with Gasteiger partial charge in [-0.25, -0.2) is 0 Å². The lowest BCUT2D eigenvalue weighted by atomic mass is 10.0. The number of aromatic nitrogens is 1. The minimum absolute atomic E-state index is 0.540. The molecule has 1 atom stereocenters. The predicted molar refractivity (Wildman–Crippen MR) is 124 cm³/mol. The number of benzene rings is 2. The van der Waals surface area contributed by atoms with E-state index >= 15 is 0 Å². The van der Waals surface area contributed by atoms with Crippen LogP contribution >= 0.6 is 0 Å². The number of rotatable bonds is 10. The van der Waals surface area contributed by atoms with Crippen molar-refractivity contribution < 1.29 is 8.95 Å². The number of ether oxygens (including phenoxy) is 1. The Balaban J connectivity index is 1.97. The van der Waals surface area contributed by atoms with Crippen LogP contribution in [0.2, 0.25) is 0 Å². The van der Waals surface area contributed by atoms with Gasteiger partial charge in [0.25, 0.3) is 0 Å². The van der Waals surface area contributed by atoms with Gasteiger partial charge in [0, 0.05) is 40.1 Å². The number of fused-ring (bicyclic) bond motifs is 1. The smallest absolute Gasteiger partial charge is 0.145 e. The van der Waals surface area contributed by atoms with E-state index in [0.29, 0.717) is 12.4 Å². The Morgan fingerprint density at radius 1 is 1.10 bits per heavy atom. The van der Waals surface area contributed by atoms with Gasteiger partial charge >= 0.3 is 0 Å². The zero-order chi connectivity index (χ0) is 20.6. The van der Waals surface area contributed by atoms with Gasteiger partial charge < -0.3 is 10.1 Å². The molecular weight excluding hydrogens is 380 g/mol. The average Bonchev–Trinajstić information content (AvgIpc) is 2.72. The summed E-state index contributed by atoms with van der Waals surface area (Å²) in [5.41, 5.74) is 5.51. The van der Waals surface area contributed by atoms with Gasteiger partial charge in [-0.15, -0.1) is 0 Å². The quantitative estimate of drug-likeness (QED) is 0.431. The van der Waals surface area contributed by atoms with Gasteiger partial charge in [-0.2, -0.15) is 0 Å². The number of pyridine rings is 1. The van der Waals surface area contributed by atoms with E-state index in [1.54, 1.807) is 6.26 Å². The molecule has 0 aliphatic carbocycles. The fourth-order valence-electron chi connectivity index (χ4n) is 3.35. The zero-order valence-corrected chi connectivity index (χ0v) is 18.3. The van der Waals surface area contributed by atoms with E-state index in [0.717, 1.165) is 53.7 Å². The Hall–Kier alpha value is -2.40. The standard InChI is InChI=1S/C24H30N2O2S/c1-4-5-11-19-17-25-24-20(23(19)26-21-13-7-6-10-18(21)2)12-8-14-22(24)28-15-9-16-29(3)27/h6-8,10,12-14,17H,4-5,9,11,15-16H2,1-3H3,(H,25,26). The topological polar surface area (TPSA) is 51.2 Å². The molecule has 4 nitrogen and oxygen atoms in total. The van der Waals surface area contributed by atoms with Gasteiger partial charge in [-0.3, -0.25) is 9.19 Å². The number of hydrogen-bond donors (Lipinski definition) is 1. The first-order chi connectivity index (χ1) is 14.1. The van der Waals surface area contributed by atoms with Crippen LogP contribution < -0.4 is 10.1 Å². The molecule has 0 saturated carbocycles. The lowest BCUT2D eigenvalue weighted by molar-refractivity contribution is 0.321. The van der Waals surface area contributed by atoms with Crippen LogP contribution in [0.25, 0.3) is 10.9 Å². The van der Waals surface area contributed by atoms with E-state index in [4.69, 9.17) is 9.72 Å². The van der Waals surface area contributed by atoms with Gasteiger partial charge in [0.05, 0.1) is 12.3 Å². The molecular formula is C24H30N2O2S. The summed E-state index contributed by atoms with van der Waals surface area (Å²) in [4.78, 5) is 4.75. The van der Waals surface area contributed by atoms with E-state index < -0.39 is 10.8 Å².